The summed E-state index contributed by atoms with van der Waals surface area (Å²) < 4.78 is 0. The highest BCUT2D eigenvalue weighted by Crippen LogP contribution is 2.05. The number of nitrogens with one attached hydrogen (secondary N) is 3. The summed E-state index contributed by atoms with van der Waals surface area (Å²) in [5.41, 5.74) is 1.82. The van der Waals surface area contributed by atoms with Crippen LogP contribution in [-0.4, -0.2) is 51.1 Å². The van der Waals surface area contributed by atoms with Crippen LogP contribution in [0.5, 0.6) is 0 Å². The molecule has 0 aliphatic rings. The smallest absolute Gasteiger partial charge is 0.251 e. The molecule has 0 atom stereocenters. The van der Waals surface area contributed by atoms with Crippen LogP contribution in [0.25, 0.3) is 0 Å². The normalized spacial score (nSPS) is 11.1. The Kier molecular flexibility index (Phi) is 8.35. The Hall–Kier alpha value is -1.69. The SMILES string of the molecule is CN=C(NCCSC)NCCc1cccc(C(=O)NC)c1. The Labute approximate surface area is 131 Å². The molecule has 1 rings (SSSR count). The van der Waals surface area contributed by atoms with Gasteiger partial charge in [0.2, 0.25) is 0 Å². The molecule has 0 saturated carbocycles. The van der Waals surface area contributed by atoms with Crippen molar-refractivity contribution in [1.29, 1.82) is 0 Å². The highest BCUT2D eigenvalue weighted by Gasteiger charge is 2.03. The van der Waals surface area contributed by atoms with Gasteiger partial charge in [-0.1, -0.05) is 12.1 Å². The summed E-state index contributed by atoms with van der Waals surface area (Å²) in [7, 11) is 3.40. The molecule has 0 aliphatic heterocycles. The van der Waals surface area contributed by atoms with Crippen molar-refractivity contribution in [2.75, 3.05) is 39.2 Å². The lowest BCUT2D eigenvalue weighted by Crippen LogP contribution is -2.39. The number of hydrogen-bond donors (Lipinski definition) is 3. The molecular formula is C15H24N4OS. The zero-order valence-corrected chi connectivity index (χ0v) is 13.7. The average Bonchev–Trinajstić information content (AvgIpc) is 2.53. The second kappa shape index (κ2) is 10.1. The van der Waals surface area contributed by atoms with E-state index in [1.165, 1.54) is 0 Å². The van der Waals surface area contributed by atoms with E-state index in [4.69, 9.17) is 0 Å². The first kappa shape index (κ1) is 17.4. The van der Waals surface area contributed by atoms with E-state index in [9.17, 15) is 4.79 Å². The Bertz CT molecular complexity index is 476. The van der Waals surface area contributed by atoms with Crippen LogP contribution in [0.2, 0.25) is 0 Å². The summed E-state index contributed by atoms with van der Waals surface area (Å²) in [6, 6.07) is 7.67. The van der Waals surface area contributed by atoms with Gasteiger partial charge in [-0.05, 0) is 30.4 Å². The molecule has 116 valence electrons. The largest absolute Gasteiger partial charge is 0.356 e. The van der Waals surface area contributed by atoms with Crippen molar-refractivity contribution in [3.63, 3.8) is 0 Å². The first-order valence-corrected chi connectivity index (χ1v) is 8.35. The molecule has 5 nitrogen and oxygen atoms in total. The minimum Gasteiger partial charge on any atom is -0.356 e. The lowest BCUT2D eigenvalue weighted by atomic mass is 10.1. The van der Waals surface area contributed by atoms with E-state index in [1.54, 1.807) is 25.9 Å². The highest BCUT2D eigenvalue weighted by molar-refractivity contribution is 7.98. The third-order valence-corrected chi connectivity index (χ3v) is 3.56. The number of carbonyl (C=O) groups excluding carboxylic acids is 1. The van der Waals surface area contributed by atoms with Crippen LogP contribution in [0.1, 0.15) is 15.9 Å². The molecule has 0 unspecified atom stereocenters. The number of hydrogen-bond acceptors (Lipinski definition) is 3. The highest BCUT2D eigenvalue weighted by atomic mass is 32.2. The van der Waals surface area contributed by atoms with Gasteiger partial charge in [0.15, 0.2) is 5.96 Å². The van der Waals surface area contributed by atoms with E-state index in [-0.39, 0.29) is 5.91 Å². The van der Waals surface area contributed by atoms with Gasteiger partial charge in [-0.2, -0.15) is 11.8 Å². The van der Waals surface area contributed by atoms with E-state index in [2.05, 4.69) is 27.2 Å². The third kappa shape index (κ3) is 6.53. The molecule has 1 amide bonds. The quantitative estimate of drug-likeness (QED) is 0.401. The van der Waals surface area contributed by atoms with Crippen molar-refractivity contribution < 1.29 is 4.79 Å². The number of carbonyl (C=O) groups is 1. The van der Waals surface area contributed by atoms with Crippen LogP contribution in [0.15, 0.2) is 29.3 Å². The van der Waals surface area contributed by atoms with Crippen molar-refractivity contribution >= 4 is 23.6 Å². The Balaban J connectivity index is 2.42. The minimum absolute atomic E-state index is 0.0562. The Morgan fingerprint density at radius 2 is 2.05 bits per heavy atom. The maximum atomic E-state index is 11.6. The molecule has 0 radical (unpaired) electrons. The summed E-state index contributed by atoms with van der Waals surface area (Å²) in [4.78, 5) is 15.8. The van der Waals surface area contributed by atoms with Gasteiger partial charge >= 0.3 is 0 Å². The molecule has 0 aliphatic carbocycles. The predicted molar refractivity (Wildman–Crippen MR) is 91.3 cm³/mol. The first-order chi connectivity index (χ1) is 10.2. The van der Waals surface area contributed by atoms with Gasteiger partial charge in [0, 0.05) is 38.5 Å². The van der Waals surface area contributed by atoms with Gasteiger partial charge < -0.3 is 16.0 Å². The molecule has 0 bridgehead atoms. The molecular weight excluding hydrogens is 284 g/mol. The zero-order chi connectivity index (χ0) is 15.5. The summed E-state index contributed by atoms with van der Waals surface area (Å²) in [6.07, 6.45) is 2.92. The molecule has 1 aromatic rings. The van der Waals surface area contributed by atoms with E-state index in [0.717, 1.165) is 36.8 Å². The van der Waals surface area contributed by atoms with Gasteiger partial charge in [0.25, 0.3) is 5.91 Å². The molecule has 6 heteroatoms. The second-order valence-electron chi connectivity index (χ2n) is 4.45. The lowest BCUT2D eigenvalue weighted by Gasteiger charge is -2.11. The summed E-state index contributed by atoms with van der Waals surface area (Å²) in [5.74, 6) is 1.81. The molecule has 0 spiro atoms. The number of rotatable bonds is 7. The van der Waals surface area contributed by atoms with E-state index in [0.29, 0.717) is 5.56 Å². The minimum atomic E-state index is -0.0562. The number of amides is 1. The third-order valence-electron chi connectivity index (χ3n) is 2.94. The number of thioether (sulfide) groups is 1. The fraction of sp³-hybridized carbons (Fsp3) is 0.467. The Morgan fingerprint density at radius 3 is 2.71 bits per heavy atom. The molecule has 3 N–H and O–H groups in total. The summed E-state index contributed by atoms with van der Waals surface area (Å²) >= 11 is 1.80. The van der Waals surface area contributed by atoms with Crippen LogP contribution in [0.3, 0.4) is 0 Å². The van der Waals surface area contributed by atoms with Gasteiger partial charge in [-0.3, -0.25) is 9.79 Å². The van der Waals surface area contributed by atoms with Gasteiger partial charge in [-0.25, -0.2) is 0 Å². The molecule has 0 saturated heterocycles. The fourth-order valence-corrected chi connectivity index (χ4v) is 2.14. The monoisotopic (exact) mass is 308 g/mol. The number of aliphatic imine (C=N–C) groups is 1. The number of benzene rings is 1. The van der Waals surface area contributed by atoms with Gasteiger partial charge in [-0.15, -0.1) is 0 Å². The van der Waals surface area contributed by atoms with Crippen molar-refractivity contribution in [1.82, 2.24) is 16.0 Å². The van der Waals surface area contributed by atoms with E-state index >= 15 is 0 Å². The van der Waals surface area contributed by atoms with E-state index < -0.39 is 0 Å². The maximum absolute atomic E-state index is 11.6. The standard InChI is InChI=1S/C15H24N4OS/c1-16-14(20)13-6-4-5-12(11-13)7-8-18-15(17-2)19-9-10-21-3/h4-6,11H,7-10H2,1-3H3,(H,16,20)(H2,17,18,19). The number of nitrogens with zero attached hydrogens (tertiary/aromatic N) is 1. The molecule has 0 fully saturated rings. The average molecular weight is 308 g/mol. The maximum Gasteiger partial charge on any atom is 0.251 e. The molecule has 0 heterocycles. The van der Waals surface area contributed by atoms with Crippen LogP contribution in [-0.2, 0) is 6.42 Å². The van der Waals surface area contributed by atoms with Crippen LogP contribution in [0.4, 0.5) is 0 Å². The van der Waals surface area contributed by atoms with E-state index in [1.807, 2.05) is 24.3 Å². The van der Waals surface area contributed by atoms with Gasteiger partial charge in [0.05, 0.1) is 0 Å². The molecule has 21 heavy (non-hydrogen) atoms. The lowest BCUT2D eigenvalue weighted by molar-refractivity contribution is 0.0963. The topological polar surface area (TPSA) is 65.5 Å². The van der Waals surface area contributed by atoms with Crippen LogP contribution in [0, 0.1) is 0 Å². The first-order valence-electron chi connectivity index (χ1n) is 6.95. The van der Waals surface area contributed by atoms with Gasteiger partial charge in [0.1, 0.15) is 0 Å². The van der Waals surface area contributed by atoms with Crippen molar-refractivity contribution in [2.24, 2.45) is 4.99 Å². The summed E-state index contributed by atoms with van der Waals surface area (Å²) in [5, 5.41) is 9.15. The van der Waals surface area contributed by atoms with Crippen molar-refractivity contribution in [3.05, 3.63) is 35.4 Å². The number of guanidine groups is 1. The van der Waals surface area contributed by atoms with Crippen molar-refractivity contribution in [2.45, 2.75) is 6.42 Å². The van der Waals surface area contributed by atoms with Crippen LogP contribution >= 0.6 is 11.8 Å². The van der Waals surface area contributed by atoms with Crippen LogP contribution < -0.4 is 16.0 Å². The fourth-order valence-electron chi connectivity index (χ4n) is 1.83. The predicted octanol–water partition coefficient (Wildman–Crippen LogP) is 1.12. The second-order valence-corrected chi connectivity index (χ2v) is 5.43. The van der Waals surface area contributed by atoms with Crippen molar-refractivity contribution in [3.8, 4) is 0 Å². The Morgan fingerprint density at radius 1 is 1.29 bits per heavy atom. The molecule has 1 aromatic carbocycles. The summed E-state index contributed by atoms with van der Waals surface area (Å²) in [6.45, 7) is 1.67. The zero-order valence-electron chi connectivity index (χ0n) is 12.9. The molecule has 0 aromatic heterocycles.